The molecule has 1 amide bonds. The zero-order valence-corrected chi connectivity index (χ0v) is 18.1. The standard InChI is InChI=1S/C22H40N2O3/c1-9-12-22(7)20(24-21(25)27-22)18(6)23-13-11-19(26-8)14-16(4)17(5)15(3)10-2/h10,15-16,18-20,23H,2,5,9,11-14H2,1,3-4,6-8H3,(H,24,25)/t15?,16-,18?,19?,20?,22-/m1/s1. The van der Waals surface area contributed by atoms with Crippen LogP contribution in [0.3, 0.4) is 0 Å². The summed E-state index contributed by atoms with van der Waals surface area (Å²) in [5.41, 5.74) is 0.751. The average Bonchev–Trinajstić information content (AvgIpc) is 2.93. The van der Waals surface area contributed by atoms with Crippen LogP contribution in [-0.2, 0) is 9.47 Å². The van der Waals surface area contributed by atoms with E-state index in [1.165, 1.54) is 5.57 Å². The molecule has 1 rings (SSSR count). The topological polar surface area (TPSA) is 59.6 Å². The normalized spacial score (nSPS) is 26.6. The molecule has 0 saturated carbocycles. The third kappa shape index (κ3) is 6.65. The van der Waals surface area contributed by atoms with Gasteiger partial charge in [-0.25, -0.2) is 4.79 Å². The van der Waals surface area contributed by atoms with E-state index in [1.807, 2.05) is 13.0 Å². The van der Waals surface area contributed by atoms with Gasteiger partial charge in [-0.05, 0) is 51.5 Å². The molecule has 2 N–H and O–H groups in total. The number of nitrogens with one attached hydrogen (secondary N) is 2. The van der Waals surface area contributed by atoms with Crippen LogP contribution in [0, 0.1) is 11.8 Å². The Bertz CT molecular complexity index is 508. The first-order chi connectivity index (χ1) is 12.7. The molecule has 0 spiro atoms. The van der Waals surface area contributed by atoms with Crippen molar-refractivity contribution >= 4 is 6.09 Å². The van der Waals surface area contributed by atoms with Crippen molar-refractivity contribution in [2.45, 2.75) is 84.1 Å². The smallest absolute Gasteiger partial charge is 0.408 e. The minimum Gasteiger partial charge on any atom is -0.441 e. The van der Waals surface area contributed by atoms with Gasteiger partial charge in [0, 0.05) is 13.2 Å². The molecule has 0 radical (unpaired) electrons. The van der Waals surface area contributed by atoms with Crippen molar-refractivity contribution in [3.05, 3.63) is 24.8 Å². The Hall–Kier alpha value is -1.33. The van der Waals surface area contributed by atoms with Crippen molar-refractivity contribution in [2.75, 3.05) is 13.7 Å². The van der Waals surface area contributed by atoms with Gasteiger partial charge >= 0.3 is 6.09 Å². The van der Waals surface area contributed by atoms with Gasteiger partial charge in [0.25, 0.3) is 0 Å². The highest BCUT2D eigenvalue weighted by molar-refractivity contribution is 5.71. The molecule has 0 aromatic rings. The van der Waals surface area contributed by atoms with E-state index in [1.54, 1.807) is 7.11 Å². The molecule has 5 nitrogen and oxygen atoms in total. The maximum atomic E-state index is 11.7. The zero-order chi connectivity index (χ0) is 20.6. The number of hydrogen-bond donors (Lipinski definition) is 2. The molecule has 156 valence electrons. The zero-order valence-electron chi connectivity index (χ0n) is 18.1. The van der Waals surface area contributed by atoms with Gasteiger partial charge in [-0.3, -0.25) is 0 Å². The van der Waals surface area contributed by atoms with Gasteiger partial charge in [-0.15, -0.1) is 6.58 Å². The van der Waals surface area contributed by atoms with Gasteiger partial charge in [0.1, 0.15) is 5.60 Å². The first-order valence-electron chi connectivity index (χ1n) is 10.2. The van der Waals surface area contributed by atoms with Crippen LogP contribution in [0.4, 0.5) is 4.79 Å². The number of carbonyl (C=O) groups excluding carboxylic acids is 1. The molecule has 1 fully saturated rings. The van der Waals surface area contributed by atoms with E-state index in [2.05, 4.69) is 51.5 Å². The van der Waals surface area contributed by atoms with E-state index in [0.29, 0.717) is 11.8 Å². The molecule has 1 aliphatic heterocycles. The lowest BCUT2D eigenvalue weighted by molar-refractivity contribution is 0.0362. The number of hydrogen-bond acceptors (Lipinski definition) is 4. The molecule has 0 aromatic heterocycles. The summed E-state index contributed by atoms with van der Waals surface area (Å²) >= 11 is 0. The van der Waals surface area contributed by atoms with Crippen LogP contribution in [0.5, 0.6) is 0 Å². The van der Waals surface area contributed by atoms with E-state index in [-0.39, 0.29) is 24.3 Å². The number of ether oxygens (including phenoxy) is 2. The Labute approximate surface area is 166 Å². The van der Waals surface area contributed by atoms with Crippen molar-refractivity contribution in [3.63, 3.8) is 0 Å². The highest BCUT2D eigenvalue weighted by Crippen LogP contribution is 2.29. The fourth-order valence-electron chi connectivity index (χ4n) is 4.01. The van der Waals surface area contributed by atoms with Gasteiger partial charge < -0.3 is 20.1 Å². The SMILES string of the molecule is C=CC(C)C(=C)[C@H](C)CC(CCNC(C)C1NC(=O)O[C@]1(C)CCC)OC. The van der Waals surface area contributed by atoms with Crippen molar-refractivity contribution in [2.24, 2.45) is 11.8 Å². The summed E-state index contributed by atoms with van der Waals surface area (Å²) < 4.78 is 11.2. The second-order valence-corrected chi connectivity index (χ2v) is 8.20. The summed E-state index contributed by atoms with van der Waals surface area (Å²) in [6.45, 7) is 19.5. The Morgan fingerprint density at radius 1 is 1.44 bits per heavy atom. The predicted octanol–water partition coefficient (Wildman–Crippen LogP) is 4.44. The lowest BCUT2D eigenvalue weighted by atomic mass is 9.86. The van der Waals surface area contributed by atoms with E-state index < -0.39 is 5.60 Å². The van der Waals surface area contributed by atoms with Gasteiger partial charge in [-0.1, -0.05) is 45.4 Å². The summed E-state index contributed by atoms with van der Waals surface area (Å²) in [5, 5.41) is 6.52. The van der Waals surface area contributed by atoms with Gasteiger partial charge in [0.15, 0.2) is 0 Å². The van der Waals surface area contributed by atoms with E-state index in [0.717, 1.165) is 32.2 Å². The maximum Gasteiger partial charge on any atom is 0.408 e. The van der Waals surface area contributed by atoms with Crippen LogP contribution in [0.2, 0.25) is 0 Å². The number of amides is 1. The summed E-state index contributed by atoms with van der Waals surface area (Å²) in [7, 11) is 1.77. The molecule has 0 bridgehead atoms. The number of rotatable bonds is 13. The van der Waals surface area contributed by atoms with Crippen molar-refractivity contribution in [1.82, 2.24) is 10.6 Å². The third-order valence-corrected chi connectivity index (χ3v) is 5.96. The minimum atomic E-state index is -0.452. The van der Waals surface area contributed by atoms with Crippen molar-refractivity contribution in [1.29, 1.82) is 0 Å². The molecule has 1 heterocycles. The van der Waals surface area contributed by atoms with Crippen LogP contribution >= 0.6 is 0 Å². The number of methoxy groups -OCH3 is 1. The summed E-state index contributed by atoms with van der Waals surface area (Å²) in [6.07, 6.45) is 5.48. The average molecular weight is 381 g/mol. The lowest BCUT2D eigenvalue weighted by Gasteiger charge is -2.33. The fraction of sp³-hybridized carbons (Fsp3) is 0.773. The van der Waals surface area contributed by atoms with Crippen LogP contribution in [0.1, 0.15) is 60.3 Å². The largest absolute Gasteiger partial charge is 0.441 e. The quantitative estimate of drug-likeness (QED) is 0.464. The molecular weight excluding hydrogens is 340 g/mol. The maximum absolute atomic E-state index is 11.7. The number of allylic oxidation sites excluding steroid dienone is 2. The second-order valence-electron chi connectivity index (χ2n) is 8.20. The summed E-state index contributed by atoms with van der Waals surface area (Å²) in [5.74, 6) is 0.702. The fourth-order valence-corrected chi connectivity index (χ4v) is 4.01. The summed E-state index contributed by atoms with van der Waals surface area (Å²) in [6, 6.07) is 0.0942. The highest BCUT2D eigenvalue weighted by atomic mass is 16.6. The molecule has 27 heavy (non-hydrogen) atoms. The van der Waals surface area contributed by atoms with Gasteiger partial charge in [0.05, 0.1) is 12.1 Å². The minimum absolute atomic E-state index is 0.0295. The van der Waals surface area contributed by atoms with Crippen LogP contribution < -0.4 is 10.6 Å². The Morgan fingerprint density at radius 2 is 2.11 bits per heavy atom. The molecule has 6 atom stereocenters. The first kappa shape index (κ1) is 23.7. The van der Waals surface area contributed by atoms with Gasteiger partial charge in [0.2, 0.25) is 0 Å². The van der Waals surface area contributed by atoms with Crippen molar-refractivity contribution < 1.29 is 14.3 Å². The molecule has 0 aliphatic carbocycles. The second kappa shape index (κ2) is 10.9. The highest BCUT2D eigenvalue weighted by Gasteiger charge is 2.46. The molecule has 1 saturated heterocycles. The van der Waals surface area contributed by atoms with Crippen LogP contribution in [0.25, 0.3) is 0 Å². The summed E-state index contributed by atoms with van der Waals surface area (Å²) in [4.78, 5) is 11.7. The van der Waals surface area contributed by atoms with E-state index >= 15 is 0 Å². The van der Waals surface area contributed by atoms with E-state index in [4.69, 9.17) is 9.47 Å². The van der Waals surface area contributed by atoms with Crippen LogP contribution in [0.15, 0.2) is 24.8 Å². The lowest BCUT2D eigenvalue weighted by Crippen LogP contribution is -2.54. The number of cyclic esters (lactones) is 1. The van der Waals surface area contributed by atoms with Crippen molar-refractivity contribution in [3.8, 4) is 0 Å². The molecule has 1 aliphatic rings. The third-order valence-electron chi connectivity index (χ3n) is 5.96. The molecule has 4 unspecified atom stereocenters. The molecule has 5 heteroatoms. The Balaban J connectivity index is 2.50. The molecule has 0 aromatic carbocycles. The van der Waals surface area contributed by atoms with E-state index in [9.17, 15) is 4.79 Å². The number of carbonyl (C=O) groups is 1. The first-order valence-corrected chi connectivity index (χ1v) is 10.2. The Kier molecular flexibility index (Phi) is 9.54. The van der Waals surface area contributed by atoms with Gasteiger partial charge in [-0.2, -0.15) is 0 Å². The van der Waals surface area contributed by atoms with Crippen LogP contribution in [-0.4, -0.2) is 43.5 Å². The molecular formula is C22H40N2O3. The number of alkyl carbamates (subject to hydrolysis) is 1. The monoisotopic (exact) mass is 380 g/mol. The predicted molar refractivity (Wildman–Crippen MR) is 112 cm³/mol. The Morgan fingerprint density at radius 3 is 2.67 bits per heavy atom.